The van der Waals surface area contributed by atoms with Crippen molar-refractivity contribution in [1.29, 1.82) is 0 Å². The van der Waals surface area contributed by atoms with Crippen molar-refractivity contribution in [3.05, 3.63) is 53.6 Å². The van der Waals surface area contributed by atoms with E-state index in [9.17, 15) is 4.79 Å². The summed E-state index contributed by atoms with van der Waals surface area (Å²) in [4.78, 5) is 12.3. The third-order valence-electron chi connectivity index (χ3n) is 3.83. The standard InChI is InChI=1S/C21H27NO4/c1-14-10-15(2)12-20(11-14)26-17(4)21(23)22-16(3)13-25-19-8-6-18(24-5)7-9-19/h6-12,16-17H,13H2,1-5H3,(H,22,23)/t16-,17+/m1/s1. The van der Waals surface area contributed by atoms with E-state index in [4.69, 9.17) is 14.2 Å². The SMILES string of the molecule is COc1ccc(OC[C@@H](C)NC(=O)[C@H](C)Oc2cc(C)cc(C)c2)cc1. The van der Waals surface area contributed by atoms with Crippen LogP contribution in [-0.4, -0.2) is 31.8 Å². The van der Waals surface area contributed by atoms with E-state index in [1.165, 1.54) is 0 Å². The third kappa shape index (κ3) is 5.99. The maximum absolute atomic E-state index is 12.3. The first-order valence-corrected chi connectivity index (χ1v) is 8.69. The quantitative estimate of drug-likeness (QED) is 0.783. The van der Waals surface area contributed by atoms with E-state index in [2.05, 4.69) is 11.4 Å². The normalized spacial score (nSPS) is 12.8. The molecule has 0 aliphatic carbocycles. The Hall–Kier alpha value is -2.69. The van der Waals surface area contributed by atoms with E-state index < -0.39 is 6.10 Å². The molecule has 0 spiro atoms. The van der Waals surface area contributed by atoms with Crippen LogP contribution in [0.3, 0.4) is 0 Å². The van der Waals surface area contributed by atoms with Crippen LogP contribution in [0.1, 0.15) is 25.0 Å². The Balaban J connectivity index is 1.81. The summed E-state index contributed by atoms with van der Waals surface area (Å²) < 4.78 is 16.6. The first kappa shape index (κ1) is 19.6. The lowest BCUT2D eigenvalue weighted by Gasteiger charge is -2.19. The zero-order valence-electron chi connectivity index (χ0n) is 16.0. The Morgan fingerprint density at radius 1 is 0.962 bits per heavy atom. The second-order valence-corrected chi connectivity index (χ2v) is 6.48. The number of hydrogen-bond acceptors (Lipinski definition) is 4. The average molecular weight is 357 g/mol. The van der Waals surface area contributed by atoms with Gasteiger partial charge in [-0.15, -0.1) is 0 Å². The van der Waals surface area contributed by atoms with Crippen LogP contribution >= 0.6 is 0 Å². The number of nitrogens with one attached hydrogen (secondary N) is 1. The van der Waals surface area contributed by atoms with Crippen LogP contribution in [0.5, 0.6) is 17.2 Å². The molecule has 2 atom stereocenters. The summed E-state index contributed by atoms with van der Waals surface area (Å²) in [5.41, 5.74) is 2.21. The molecule has 5 heteroatoms. The molecule has 0 aliphatic rings. The van der Waals surface area contributed by atoms with E-state index in [1.54, 1.807) is 14.0 Å². The van der Waals surface area contributed by atoms with Gasteiger partial charge in [0.15, 0.2) is 6.10 Å². The van der Waals surface area contributed by atoms with Gasteiger partial charge in [0.25, 0.3) is 5.91 Å². The molecule has 2 aromatic rings. The van der Waals surface area contributed by atoms with Crippen molar-refractivity contribution in [3.63, 3.8) is 0 Å². The predicted molar refractivity (Wildman–Crippen MR) is 102 cm³/mol. The van der Waals surface area contributed by atoms with Crippen LogP contribution in [0.25, 0.3) is 0 Å². The molecule has 0 aromatic heterocycles. The molecule has 2 aromatic carbocycles. The van der Waals surface area contributed by atoms with Crippen LogP contribution in [-0.2, 0) is 4.79 Å². The van der Waals surface area contributed by atoms with Crippen molar-refractivity contribution in [2.24, 2.45) is 0 Å². The van der Waals surface area contributed by atoms with Crippen LogP contribution in [0, 0.1) is 13.8 Å². The number of aryl methyl sites for hydroxylation is 2. The lowest BCUT2D eigenvalue weighted by Crippen LogP contribution is -2.43. The van der Waals surface area contributed by atoms with E-state index in [1.807, 2.05) is 57.2 Å². The molecular formula is C21H27NO4. The fraction of sp³-hybridized carbons (Fsp3) is 0.381. The minimum Gasteiger partial charge on any atom is -0.497 e. The van der Waals surface area contributed by atoms with Gasteiger partial charge in [-0.1, -0.05) is 6.07 Å². The molecule has 1 N–H and O–H groups in total. The fourth-order valence-corrected chi connectivity index (χ4v) is 2.55. The van der Waals surface area contributed by atoms with Crippen LogP contribution in [0.4, 0.5) is 0 Å². The first-order valence-electron chi connectivity index (χ1n) is 8.69. The van der Waals surface area contributed by atoms with Gasteiger partial charge in [0.05, 0.1) is 13.2 Å². The summed E-state index contributed by atoms with van der Waals surface area (Å²) >= 11 is 0. The smallest absolute Gasteiger partial charge is 0.261 e. The predicted octanol–water partition coefficient (Wildman–Crippen LogP) is 3.66. The molecule has 1 amide bonds. The minimum atomic E-state index is -0.584. The summed E-state index contributed by atoms with van der Waals surface area (Å²) in [6.07, 6.45) is -0.584. The van der Waals surface area contributed by atoms with Crippen molar-refractivity contribution in [1.82, 2.24) is 5.32 Å². The third-order valence-corrected chi connectivity index (χ3v) is 3.83. The van der Waals surface area contributed by atoms with Crippen LogP contribution in [0.2, 0.25) is 0 Å². The highest BCUT2D eigenvalue weighted by molar-refractivity contribution is 5.81. The molecule has 0 bridgehead atoms. The number of methoxy groups -OCH3 is 1. The highest BCUT2D eigenvalue weighted by Gasteiger charge is 2.17. The fourth-order valence-electron chi connectivity index (χ4n) is 2.55. The van der Waals surface area contributed by atoms with Gasteiger partial charge in [-0.05, 0) is 75.2 Å². The van der Waals surface area contributed by atoms with Gasteiger partial charge in [0.2, 0.25) is 0 Å². The topological polar surface area (TPSA) is 56.8 Å². The molecule has 26 heavy (non-hydrogen) atoms. The van der Waals surface area contributed by atoms with Gasteiger partial charge >= 0.3 is 0 Å². The second-order valence-electron chi connectivity index (χ2n) is 6.48. The van der Waals surface area contributed by atoms with Gasteiger partial charge in [0, 0.05) is 0 Å². The summed E-state index contributed by atoms with van der Waals surface area (Å²) in [6, 6.07) is 13.1. The van der Waals surface area contributed by atoms with Gasteiger partial charge in [-0.3, -0.25) is 4.79 Å². The minimum absolute atomic E-state index is 0.144. The molecule has 0 saturated carbocycles. The largest absolute Gasteiger partial charge is 0.497 e. The van der Waals surface area contributed by atoms with Gasteiger partial charge in [-0.25, -0.2) is 0 Å². The van der Waals surface area contributed by atoms with E-state index in [0.29, 0.717) is 12.4 Å². The maximum atomic E-state index is 12.3. The summed E-state index contributed by atoms with van der Waals surface area (Å²) in [6.45, 7) is 8.01. The van der Waals surface area contributed by atoms with Crippen LogP contribution < -0.4 is 19.5 Å². The molecule has 0 aliphatic heterocycles. The molecule has 0 saturated heterocycles. The Morgan fingerprint density at radius 2 is 1.54 bits per heavy atom. The number of rotatable bonds is 8. The summed E-state index contributed by atoms with van der Waals surface area (Å²) in [7, 11) is 1.62. The number of carbonyl (C=O) groups is 1. The number of carbonyl (C=O) groups excluding carboxylic acids is 1. The lowest BCUT2D eigenvalue weighted by atomic mass is 10.1. The Kier molecular flexibility index (Phi) is 6.89. The maximum Gasteiger partial charge on any atom is 0.261 e. The molecule has 5 nitrogen and oxygen atoms in total. The molecular weight excluding hydrogens is 330 g/mol. The van der Waals surface area contributed by atoms with Gasteiger partial charge < -0.3 is 19.5 Å². The second kappa shape index (κ2) is 9.13. The highest BCUT2D eigenvalue weighted by atomic mass is 16.5. The molecule has 0 fully saturated rings. The number of hydrogen-bond donors (Lipinski definition) is 1. The average Bonchev–Trinajstić information content (AvgIpc) is 2.59. The molecule has 0 unspecified atom stereocenters. The lowest BCUT2D eigenvalue weighted by molar-refractivity contribution is -0.128. The first-order chi connectivity index (χ1) is 12.4. The molecule has 0 radical (unpaired) electrons. The summed E-state index contributed by atoms with van der Waals surface area (Å²) in [5.74, 6) is 2.03. The highest BCUT2D eigenvalue weighted by Crippen LogP contribution is 2.18. The monoisotopic (exact) mass is 357 g/mol. The zero-order chi connectivity index (χ0) is 19.1. The Bertz CT molecular complexity index is 707. The Morgan fingerprint density at radius 3 is 2.12 bits per heavy atom. The number of amides is 1. The Labute approximate surface area is 155 Å². The van der Waals surface area contributed by atoms with E-state index in [-0.39, 0.29) is 11.9 Å². The van der Waals surface area contributed by atoms with E-state index >= 15 is 0 Å². The summed E-state index contributed by atoms with van der Waals surface area (Å²) in [5, 5.41) is 2.91. The van der Waals surface area contributed by atoms with Crippen molar-refractivity contribution >= 4 is 5.91 Å². The van der Waals surface area contributed by atoms with Crippen LogP contribution in [0.15, 0.2) is 42.5 Å². The molecule has 140 valence electrons. The van der Waals surface area contributed by atoms with Crippen molar-refractivity contribution < 1.29 is 19.0 Å². The zero-order valence-corrected chi connectivity index (χ0v) is 16.0. The van der Waals surface area contributed by atoms with Crippen molar-refractivity contribution in [2.45, 2.75) is 39.8 Å². The van der Waals surface area contributed by atoms with Gasteiger partial charge in [0.1, 0.15) is 23.9 Å². The van der Waals surface area contributed by atoms with E-state index in [0.717, 1.165) is 22.6 Å². The van der Waals surface area contributed by atoms with Crippen molar-refractivity contribution in [2.75, 3.05) is 13.7 Å². The number of ether oxygens (including phenoxy) is 3. The molecule has 0 heterocycles. The van der Waals surface area contributed by atoms with Crippen molar-refractivity contribution in [3.8, 4) is 17.2 Å². The molecule has 2 rings (SSSR count). The van der Waals surface area contributed by atoms with Gasteiger partial charge in [-0.2, -0.15) is 0 Å². The number of benzene rings is 2.